The van der Waals surface area contributed by atoms with Crippen LogP contribution in [0, 0.1) is 12.3 Å². The molecule has 7 nitrogen and oxygen atoms in total. The minimum Gasteiger partial charge on any atom is -0.370 e. The van der Waals surface area contributed by atoms with E-state index in [1.807, 2.05) is 13.0 Å². The Kier molecular flexibility index (Phi) is 5.37. The second-order valence-corrected chi connectivity index (χ2v) is 9.52. The molecular weight excluding hydrogens is 392 g/mol. The molecule has 164 valence electrons. The highest BCUT2D eigenvalue weighted by atomic mass is 16.2. The average Bonchev–Trinajstić information content (AvgIpc) is 3.03. The molecule has 0 radical (unpaired) electrons. The summed E-state index contributed by atoms with van der Waals surface area (Å²) in [6, 6.07) is 5.18. The Balaban J connectivity index is 1.68. The van der Waals surface area contributed by atoms with E-state index in [1.54, 1.807) is 12.1 Å². The SMILES string of the molecule is Cc1c(C(=O)Nc2cc(C(N)=O)ccc2N2CCCCC2)[nH]c2c1C(=O)CC(C)(C)C2. The van der Waals surface area contributed by atoms with Gasteiger partial charge in [-0.15, -0.1) is 0 Å². The average molecular weight is 423 g/mol. The highest BCUT2D eigenvalue weighted by Gasteiger charge is 2.35. The molecule has 0 saturated carbocycles. The van der Waals surface area contributed by atoms with Crippen LogP contribution < -0.4 is 16.0 Å². The lowest BCUT2D eigenvalue weighted by Crippen LogP contribution is -2.30. The van der Waals surface area contributed by atoms with Gasteiger partial charge in [-0.3, -0.25) is 14.4 Å². The number of carbonyl (C=O) groups is 3. The Bertz CT molecular complexity index is 1060. The molecule has 2 aromatic rings. The van der Waals surface area contributed by atoms with Gasteiger partial charge in [-0.25, -0.2) is 0 Å². The molecule has 4 N–H and O–H groups in total. The second kappa shape index (κ2) is 7.87. The van der Waals surface area contributed by atoms with Gasteiger partial charge in [0, 0.05) is 36.3 Å². The van der Waals surface area contributed by atoms with E-state index in [2.05, 4.69) is 29.0 Å². The lowest BCUT2D eigenvalue weighted by atomic mass is 9.75. The summed E-state index contributed by atoms with van der Waals surface area (Å²) in [6.07, 6.45) is 4.56. The van der Waals surface area contributed by atoms with Gasteiger partial charge in [0.25, 0.3) is 5.91 Å². The molecule has 2 heterocycles. The molecule has 1 aliphatic heterocycles. The number of fused-ring (bicyclic) bond motifs is 1. The van der Waals surface area contributed by atoms with Crippen molar-refractivity contribution >= 4 is 29.0 Å². The number of rotatable bonds is 4. The van der Waals surface area contributed by atoms with Crippen molar-refractivity contribution in [2.75, 3.05) is 23.3 Å². The van der Waals surface area contributed by atoms with Crippen LogP contribution >= 0.6 is 0 Å². The third-order valence-corrected chi connectivity index (χ3v) is 6.35. The minimum atomic E-state index is -0.542. The van der Waals surface area contributed by atoms with Crippen LogP contribution in [0.2, 0.25) is 0 Å². The van der Waals surface area contributed by atoms with E-state index in [4.69, 9.17) is 5.73 Å². The van der Waals surface area contributed by atoms with Crippen LogP contribution in [-0.2, 0) is 6.42 Å². The Labute approximate surface area is 182 Å². The number of nitrogens with two attached hydrogens (primary N) is 1. The van der Waals surface area contributed by atoms with E-state index in [1.165, 1.54) is 6.42 Å². The minimum absolute atomic E-state index is 0.0729. The third-order valence-electron chi connectivity index (χ3n) is 6.35. The molecule has 1 fully saturated rings. The van der Waals surface area contributed by atoms with Crippen LogP contribution in [0.3, 0.4) is 0 Å². The number of hydrogen-bond acceptors (Lipinski definition) is 4. The third kappa shape index (κ3) is 4.09. The Morgan fingerprint density at radius 3 is 2.52 bits per heavy atom. The van der Waals surface area contributed by atoms with Gasteiger partial charge >= 0.3 is 0 Å². The molecule has 0 spiro atoms. The number of amides is 2. The van der Waals surface area contributed by atoms with Crippen LogP contribution in [0.1, 0.15) is 82.0 Å². The topological polar surface area (TPSA) is 108 Å². The summed E-state index contributed by atoms with van der Waals surface area (Å²) in [5.41, 5.74) is 9.66. The van der Waals surface area contributed by atoms with Crippen LogP contribution in [0.15, 0.2) is 18.2 Å². The molecule has 1 aliphatic carbocycles. The number of piperidine rings is 1. The van der Waals surface area contributed by atoms with Crippen molar-refractivity contribution < 1.29 is 14.4 Å². The van der Waals surface area contributed by atoms with Crippen molar-refractivity contribution in [2.24, 2.45) is 11.1 Å². The van der Waals surface area contributed by atoms with Crippen molar-refractivity contribution in [1.82, 2.24) is 4.98 Å². The maximum atomic E-state index is 13.2. The summed E-state index contributed by atoms with van der Waals surface area (Å²) < 4.78 is 0. The largest absolute Gasteiger partial charge is 0.370 e. The molecule has 1 aromatic heterocycles. The molecule has 2 amide bonds. The number of H-pyrrole nitrogens is 1. The molecule has 0 bridgehead atoms. The first-order valence-corrected chi connectivity index (χ1v) is 10.9. The quantitative estimate of drug-likeness (QED) is 0.696. The van der Waals surface area contributed by atoms with Gasteiger partial charge in [-0.2, -0.15) is 0 Å². The Morgan fingerprint density at radius 2 is 1.84 bits per heavy atom. The van der Waals surface area contributed by atoms with E-state index >= 15 is 0 Å². The van der Waals surface area contributed by atoms with Gasteiger partial charge in [0.1, 0.15) is 5.69 Å². The zero-order valence-corrected chi connectivity index (χ0v) is 18.4. The van der Waals surface area contributed by atoms with Crippen molar-refractivity contribution in [1.29, 1.82) is 0 Å². The first kappa shape index (κ1) is 21.2. The number of primary amides is 1. The normalized spacial score (nSPS) is 17.9. The molecule has 4 rings (SSSR count). The van der Waals surface area contributed by atoms with E-state index < -0.39 is 5.91 Å². The van der Waals surface area contributed by atoms with Crippen molar-refractivity contribution in [2.45, 2.75) is 52.9 Å². The van der Waals surface area contributed by atoms with Crippen LogP contribution in [-0.4, -0.2) is 35.7 Å². The molecule has 0 unspecified atom stereocenters. The number of nitrogens with one attached hydrogen (secondary N) is 2. The Morgan fingerprint density at radius 1 is 1.13 bits per heavy atom. The number of ketones is 1. The van der Waals surface area contributed by atoms with Gasteiger partial charge in [-0.1, -0.05) is 13.8 Å². The predicted octanol–water partition coefficient (Wildman–Crippen LogP) is 3.82. The van der Waals surface area contributed by atoms with Crippen LogP contribution in [0.5, 0.6) is 0 Å². The zero-order valence-electron chi connectivity index (χ0n) is 18.4. The molecule has 1 saturated heterocycles. The summed E-state index contributed by atoms with van der Waals surface area (Å²) in [7, 11) is 0. The van der Waals surface area contributed by atoms with Gasteiger partial charge in [0.15, 0.2) is 5.78 Å². The van der Waals surface area contributed by atoms with E-state index in [0.29, 0.717) is 34.5 Å². The number of anilines is 2. The summed E-state index contributed by atoms with van der Waals surface area (Å²) in [4.78, 5) is 43.1. The van der Waals surface area contributed by atoms with Crippen LogP contribution in [0.25, 0.3) is 0 Å². The van der Waals surface area contributed by atoms with Gasteiger partial charge in [0.2, 0.25) is 5.91 Å². The number of aromatic nitrogens is 1. The van der Waals surface area contributed by atoms with Crippen molar-refractivity contribution in [3.63, 3.8) is 0 Å². The van der Waals surface area contributed by atoms with Crippen LogP contribution in [0.4, 0.5) is 11.4 Å². The maximum absolute atomic E-state index is 13.2. The molecule has 1 aromatic carbocycles. The molecule has 31 heavy (non-hydrogen) atoms. The standard InChI is InChI=1S/C24H30N4O3/c1-14-20-17(12-24(2,3)13-19(20)29)26-21(14)23(31)27-16-11-15(22(25)30)7-8-18(16)28-9-5-4-6-10-28/h7-8,11,26H,4-6,9-10,12-13H2,1-3H3,(H2,25,30)(H,27,31). The fourth-order valence-corrected chi connectivity index (χ4v) is 4.84. The lowest BCUT2D eigenvalue weighted by Gasteiger charge is -2.30. The molecule has 7 heteroatoms. The van der Waals surface area contributed by atoms with Gasteiger partial charge in [-0.05, 0) is 61.8 Å². The fraction of sp³-hybridized carbons (Fsp3) is 0.458. The van der Waals surface area contributed by atoms with Gasteiger partial charge in [0.05, 0.1) is 11.4 Å². The summed E-state index contributed by atoms with van der Waals surface area (Å²) in [6.45, 7) is 7.73. The van der Waals surface area contributed by atoms with E-state index in [0.717, 1.165) is 43.7 Å². The van der Waals surface area contributed by atoms with Crippen molar-refractivity contribution in [3.05, 3.63) is 46.3 Å². The number of Topliss-reactive ketones (excluding diaryl/α,β-unsaturated/α-hetero) is 1. The second-order valence-electron chi connectivity index (χ2n) is 9.52. The van der Waals surface area contributed by atoms with Gasteiger partial charge < -0.3 is 20.9 Å². The van der Waals surface area contributed by atoms with E-state index in [9.17, 15) is 14.4 Å². The first-order valence-electron chi connectivity index (χ1n) is 10.9. The molecular formula is C24H30N4O3. The monoisotopic (exact) mass is 422 g/mol. The smallest absolute Gasteiger partial charge is 0.272 e. The molecule has 0 atom stereocenters. The highest BCUT2D eigenvalue weighted by Crippen LogP contribution is 2.37. The lowest BCUT2D eigenvalue weighted by molar-refractivity contribution is 0.0910. The number of carbonyl (C=O) groups excluding carboxylic acids is 3. The predicted molar refractivity (Wildman–Crippen MR) is 121 cm³/mol. The summed E-state index contributed by atoms with van der Waals surface area (Å²) in [5.74, 6) is -0.791. The fourth-order valence-electron chi connectivity index (χ4n) is 4.84. The highest BCUT2D eigenvalue weighted by molar-refractivity contribution is 6.10. The van der Waals surface area contributed by atoms with E-state index in [-0.39, 0.29) is 17.1 Å². The Hall–Kier alpha value is -3.09. The number of hydrogen-bond donors (Lipinski definition) is 3. The zero-order chi connectivity index (χ0) is 22.3. The summed E-state index contributed by atoms with van der Waals surface area (Å²) in [5, 5.41) is 2.97. The maximum Gasteiger partial charge on any atom is 0.272 e. The number of aromatic amines is 1. The number of benzene rings is 1. The molecule has 2 aliphatic rings. The number of nitrogens with zero attached hydrogens (tertiary/aromatic N) is 1. The summed E-state index contributed by atoms with van der Waals surface area (Å²) >= 11 is 0. The first-order chi connectivity index (χ1) is 14.7. The van der Waals surface area contributed by atoms with Crippen molar-refractivity contribution in [3.8, 4) is 0 Å².